The van der Waals surface area contributed by atoms with E-state index in [1.165, 1.54) is 6.21 Å². The van der Waals surface area contributed by atoms with Crippen LogP contribution in [0.1, 0.15) is 32.5 Å². The second-order valence-corrected chi connectivity index (χ2v) is 10.4. The zero-order valence-electron chi connectivity index (χ0n) is 22.1. The van der Waals surface area contributed by atoms with Gasteiger partial charge in [-0.25, -0.2) is 9.59 Å². The van der Waals surface area contributed by atoms with Crippen LogP contribution in [0.3, 0.4) is 0 Å². The Kier molecular flexibility index (Phi) is 6.26. The molecule has 2 N–H and O–H groups in total. The minimum atomic E-state index is -0.575. The molecule has 0 aliphatic carbocycles. The molecule has 4 heterocycles. The fourth-order valence-electron chi connectivity index (χ4n) is 4.72. The number of hydrogen-bond acceptors (Lipinski definition) is 7. The summed E-state index contributed by atoms with van der Waals surface area (Å²) in [6, 6.07) is 9.64. The fraction of sp³-hybridized carbons (Fsp3) is 0.321. The van der Waals surface area contributed by atoms with E-state index < -0.39 is 5.60 Å². The van der Waals surface area contributed by atoms with Gasteiger partial charge in [0, 0.05) is 62.3 Å². The number of aromatic nitrogens is 4. The van der Waals surface area contributed by atoms with Gasteiger partial charge in [-0.1, -0.05) is 12.1 Å². The summed E-state index contributed by atoms with van der Waals surface area (Å²) in [5.41, 5.74) is 4.80. The van der Waals surface area contributed by atoms with Gasteiger partial charge >= 0.3 is 11.8 Å². The highest BCUT2D eigenvalue weighted by atomic mass is 16.6. The first-order chi connectivity index (χ1) is 18.1. The number of nitrogens with one attached hydrogen (secondary N) is 2. The topological polar surface area (TPSA) is 118 Å². The molecule has 0 atom stereocenters. The minimum absolute atomic E-state index is 0.143. The van der Waals surface area contributed by atoms with E-state index in [-0.39, 0.29) is 17.8 Å². The number of aryl methyl sites for hydroxylation is 1. The fourth-order valence-corrected chi connectivity index (χ4v) is 4.72. The third kappa shape index (κ3) is 4.42. The summed E-state index contributed by atoms with van der Waals surface area (Å²) in [6.07, 6.45) is 6.12. The highest BCUT2D eigenvalue weighted by Gasteiger charge is 2.37. The number of ether oxygens (including phenoxy) is 1. The molecule has 10 nitrogen and oxygen atoms in total. The van der Waals surface area contributed by atoms with E-state index in [9.17, 15) is 9.59 Å². The van der Waals surface area contributed by atoms with Crippen LogP contribution in [-0.4, -0.2) is 62.0 Å². The van der Waals surface area contributed by atoms with Crippen molar-refractivity contribution in [3.63, 3.8) is 0 Å². The number of fused-ring (bicyclic) bond motifs is 3. The Morgan fingerprint density at radius 1 is 1.13 bits per heavy atom. The average molecular weight is 514 g/mol. The molecule has 0 spiro atoms. The van der Waals surface area contributed by atoms with E-state index in [0.717, 1.165) is 33.1 Å². The summed E-state index contributed by atoms with van der Waals surface area (Å²) in [6.45, 7) is 6.31. The summed E-state index contributed by atoms with van der Waals surface area (Å²) in [7, 11) is 3.52. The Balaban J connectivity index is 1.54. The van der Waals surface area contributed by atoms with Crippen LogP contribution in [0.15, 0.2) is 53.7 Å². The van der Waals surface area contributed by atoms with Crippen molar-refractivity contribution in [1.82, 2.24) is 29.3 Å². The Hall–Kier alpha value is -4.47. The van der Waals surface area contributed by atoms with Crippen LogP contribution in [-0.2, 0) is 11.8 Å². The quantitative estimate of drug-likeness (QED) is 0.390. The molecule has 1 aliphatic rings. The molecule has 0 saturated carbocycles. The number of nitrogens with zero attached hydrogens (tertiary/aromatic N) is 5. The molecule has 4 aromatic rings. The predicted octanol–water partition coefficient (Wildman–Crippen LogP) is 3.95. The number of carbonyl (C=O) groups is 1. The standard InChI is InChI=1S/C28H31N7O3/c1-28(2,3)38-27(37)34-15-20(16-34)35-25-21-10-17(6-9-23(21)32-14-24(25)33(5)26(35)36)18-7-8-22(31-13-18)19(11-29)12-30-4/h6-14,20,29-30H,15-16H2,1-5H3/b19-12+,29-11?. The molecular weight excluding hydrogens is 482 g/mol. The lowest BCUT2D eigenvalue weighted by atomic mass is 10.0. The molecule has 1 saturated heterocycles. The number of carbonyl (C=O) groups excluding carboxylic acids is 1. The molecule has 1 aromatic carbocycles. The molecular formula is C28H31N7O3. The third-order valence-corrected chi connectivity index (χ3v) is 6.64. The Morgan fingerprint density at radius 3 is 2.50 bits per heavy atom. The van der Waals surface area contributed by atoms with Gasteiger partial charge in [0.05, 0.1) is 34.5 Å². The maximum absolute atomic E-state index is 13.3. The maximum Gasteiger partial charge on any atom is 0.410 e. The monoisotopic (exact) mass is 513 g/mol. The molecule has 0 unspecified atom stereocenters. The first-order valence-electron chi connectivity index (χ1n) is 12.4. The van der Waals surface area contributed by atoms with Crippen LogP contribution in [0.25, 0.3) is 38.6 Å². The van der Waals surface area contributed by atoms with E-state index in [1.807, 2.05) is 51.1 Å². The second kappa shape index (κ2) is 9.44. The van der Waals surface area contributed by atoms with Gasteiger partial charge in [0.1, 0.15) is 5.60 Å². The number of benzene rings is 1. The van der Waals surface area contributed by atoms with Crippen LogP contribution in [0.2, 0.25) is 0 Å². The van der Waals surface area contributed by atoms with Crippen molar-refractivity contribution in [1.29, 1.82) is 5.41 Å². The first kappa shape index (κ1) is 25.2. The molecule has 1 aliphatic heterocycles. The summed E-state index contributed by atoms with van der Waals surface area (Å²) >= 11 is 0. The van der Waals surface area contributed by atoms with Crippen LogP contribution in [0.4, 0.5) is 4.79 Å². The average Bonchev–Trinajstić information content (AvgIpc) is 3.11. The normalized spacial score (nSPS) is 14.6. The molecule has 3 aromatic heterocycles. The zero-order chi connectivity index (χ0) is 27.2. The molecule has 1 fully saturated rings. The van der Waals surface area contributed by atoms with Crippen molar-refractivity contribution in [3.8, 4) is 11.1 Å². The number of amides is 1. The number of allylic oxidation sites excluding steroid dienone is 1. The van der Waals surface area contributed by atoms with Gasteiger partial charge in [-0.2, -0.15) is 0 Å². The molecule has 196 valence electrons. The van der Waals surface area contributed by atoms with Crippen molar-refractivity contribution in [2.24, 2.45) is 7.05 Å². The van der Waals surface area contributed by atoms with E-state index in [1.54, 1.807) is 46.7 Å². The third-order valence-electron chi connectivity index (χ3n) is 6.64. The van der Waals surface area contributed by atoms with Crippen molar-refractivity contribution >= 4 is 39.8 Å². The highest BCUT2D eigenvalue weighted by molar-refractivity contribution is 6.07. The van der Waals surface area contributed by atoms with E-state index in [2.05, 4.69) is 15.3 Å². The van der Waals surface area contributed by atoms with Gasteiger partial charge in [-0.05, 0) is 44.5 Å². The Bertz CT molecular complexity index is 1640. The van der Waals surface area contributed by atoms with Crippen LogP contribution in [0, 0.1) is 5.41 Å². The van der Waals surface area contributed by atoms with Gasteiger partial charge in [0.25, 0.3) is 0 Å². The number of pyridine rings is 2. The number of likely N-dealkylation sites (tertiary alicyclic amines) is 1. The van der Waals surface area contributed by atoms with E-state index in [4.69, 9.17) is 10.1 Å². The van der Waals surface area contributed by atoms with E-state index in [0.29, 0.717) is 24.4 Å². The van der Waals surface area contributed by atoms with Gasteiger partial charge < -0.3 is 20.4 Å². The van der Waals surface area contributed by atoms with Crippen LogP contribution in [0.5, 0.6) is 0 Å². The number of imidazole rings is 1. The highest BCUT2D eigenvalue weighted by Crippen LogP contribution is 2.32. The number of hydrogen-bond donors (Lipinski definition) is 2. The lowest BCUT2D eigenvalue weighted by Gasteiger charge is -2.40. The SMILES string of the molecule is CN/C=C(\C=N)c1ccc(-c2ccc3ncc4c(c3c2)n(C2CN(C(=O)OC(C)(C)C)C2)c(=O)n4C)cn1. The molecule has 0 radical (unpaired) electrons. The Morgan fingerprint density at radius 2 is 1.87 bits per heavy atom. The van der Waals surface area contributed by atoms with Crippen molar-refractivity contribution in [2.45, 2.75) is 32.4 Å². The van der Waals surface area contributed by atoms with E-state index >= 15 is 0 Å². The molecule has 5 rings (SSSR count). The lowest BCUT2D eigenvalue weighted by Crippen LogP contribution is -2.53. The van der Waals surface area contributed by atoms with Crippen molar-refractivity contribution in [2.75, 3.05) is 20.1 Å². The van der Waals surface area contributed by atoms with Gasteiger partial charge in [-0.3, -0.25) is 19.1 Å². The van der Waals surface area contributed by atoms with Crippen molar-refractivity contribution in [3.05, 3.63) is 65.1 Å². The smallest absolute Gasteiger partial charge is 0.410 e. The molecule has 0 bridgehead atoms. The zero-order valence-corrected chi connectivity index (χ0v) is 22.1. The maximum atomic E-state index is 13.3. The molecule has 38 heavy (non-hydrogen) atoms. The second-order valence-electron chi connectivity index (χ2n) is 10.4. The van der Waals surface area contributed by atoms with Crippen LogP contribution >= 0.6 is 0 Å². The Labute approximate surface area is 220 Å². The first-order valence-corrected chi connectivity index (χ1v) is 12.4. The van der Waals surface area contributed by atoms with Crippen molar-refractivity contribution < 1.29 is 9.53 Å². The number of rotatable bonds is 5. The largest absolute Gasteiger partial charge is 0.444 e. The molecule has 10 heteroatoms. The summed E-state index contributed by atoms with van der Waals surface area (Å²) in [5, 5.41) is 11.4. The summed E-state index contributed by atoms with van der Waals surface area (Å²) in [5.74, 6) is 0. The minimum Gasteiger partial charge on any atom is -0.444 e. The van der Waals surface area contributed by atoms with Gasteiger partial charge in [-0.15, -0.1) is 0 Å². The lowest BCUT2D eigenvalue weighted by molar-refractivity contribution is 0.00112. The molecule has 1 amide bonds. The van der Waals surface area contributed by atoms with Crippen LogP contribution < -0.4 is 11.0 Å². The predicted molar refractivity (Wildman–Crippen MR) is 148 cm³/mol. The van der Waals surface area contributed by atoms with Gasteiger partial charge in [0.15, 0.2) is 0 Å². The summed E-state index contributed by atoms with van der Waals surface area (Å²) in [4.78, 5) is 36.6. The summed E-state index contributed by atoms with van der Waals surface area (Å²) < 4.78 is 8.87. The van der Waals surface area contributed by atoms with Gasteiger partial charge in [0.2, 0.25) is 0 Å².